The fraction of sp³-hybridized carbons (Fsp3) is 0.455. The Kier molecular flexibility index (Phi) is 5.34. The van der Waals surface area contributed by atoms with E-state index < -0.39 is 11.0 Å². The molecule has 0 aliphatic carbocycles. The molecule has 0 fully saturated rings. The maximum absolute atomic E-state index is 10.9. The SMILES string of the molecule is COCC(CO)Nc1cc(OC)ccc1[N+](=O)[O-]. The molecule has 0 aliphatic rings. The molecule has 0 saturated heterocycles. The zero-order valence-corrected chi connectivity index (χ0v) is 10.3. The summed E-state index contributed by atoms with van der Waals surface area (Å²) in [6.45, 7) is 0.0487. The summed E-state index contributed by atoms with van der Waals surface area (Å²) in [6, 6.07) is 3.95. The second kappa shape index (κ2) is 6.77. The number of benzene rings is 1. The first-order valence-electron chi connectivity index (χ1n) is 5.31. The lowest BCUT2D eigenvalue weighted by molar-refractivity contribution is -0.384. The predicted molar refractivity (Wildman–Crippen MR) is 66.0 cm³/mol. The Morgan fingerprint density at radius 2 is 2.22 bits per heavy atom. The molecule has 18 heavy (non-hydrogen) atoms. The molecule has 1 atom stereocenters. The first-order chi connectivity index (χ1) is 8.62. The van der Waals surface area contributed by atoms with Gasteiger partial charge in [0.2, 0.25) is 0 Å². The number of aliphatic hydroxyl groups is 1. The molecule has 1 rings (SSSR count). The van der Waals surface area contributed by atoms with Crippen LogP contribution in [0.3, 0.4) is 0 Å². The van der Waals surface area contributed by atoms with E-state index in [1.807, 2.05) is 0 Å². The van der Waals surface area contributed by atoms with Crippen LogP contribution in [0.1, 0.15) is 0 Å². The van der Waals surface area contributed by atoms with Crippen LogP contribution in [-0.4, -0.2) is 43.5 Å². The van der Waals surface area contributed by atoms with E-state index in [1.54, 1.807) is 0 Å². The summed E-state index contributed by atoms with van der Waals surface area (Å²) in [5.74, 6) is 0.497. The minimum absolute atomic E-state index is 0.0784. The number of nitro benzene ring substituents is 1. The summed E-state index contributed by atoms with van der Waals surface area (Å²) in [7, 11) is 2.97. The zero-order valence-electron chi connectivity index (χ0n) is 10.3. The first-order valence-corrected chi connectivity index (χ1v) is 5.31. The van der Waals surface area contributed by atoms with Crippen molar-refractivity contribution >= 4 is 11.4 Å². The number of hydrogen-bond acceptors (Lipinski definition) is 6. The predicted octanol–water partition coefficient (Wildman–Crippen LogP) is 1.02. The van der Waals surface area contributed by atoms with Crippen LogP contribution in [0.25, 0.3) is 0 Å². The molecule has 0 aromatic heterocycles. The Morgan fingerprint density at radius 1 is 1.50 bits per heavy atom. The number of nitro groups is 1. The van der Waals surface area contributed by atoms with Gasteiger partial charge in [-0.25, -0.2) is 0 Å². The third-order valence-electron chi connectivity index (χ3n) is 2.35. The van der Waals surface area contributed by atoms with E-state index in [0.717, 1.165) is 0 Å². The van der Waals surface area contributed by atoms with Crippen molar-refractivity contribution in [2.24, 2.45) is 0 Å². The zero-order chi connectivity index (χ0) is 13.5. The third kappa shape index (κ3) is 3.57. The Morgan fingerprint density at radius 3 is 2.72 bits per heavy atom. The second-order valence-electron chi connectivity index (χ2n) is 3.62. The highest BCUT2D eigenvalue weighted by Gasteiger charge is 2.17. The van der Waals surface area contributed by atoms with Crippen molar-refractivity contribution in [3.8, 4) is 5.75 Å². The number of anilines is 1. The van der Waals surface area contributed by atoms with Crippen molar-refractivity contribution in [1.29, 1.82) is 0 Å². The number of aliphatic hydroxyl groups excluding tert-OH is 1. The van der Waals surface area contributed by atoms with Gasteiger partial charge in [0.1, 0.15) is 11.4 Å². The van der Waals surface area contributed by atoms with Gasteiger partial charge in [0, 0.05) is 19.2 Å². The van der Waals surface area contributed by atoms with Crippen LogP contribution >= 0.6 is 0 Å². The lowest BCUT2D eigenvalue weighted by Gasteiger charge is -2.17. The molecule has 0 saturated carbocycles. The molecule has 7 heteroatoms. The van der Waals surface area contributed by atoms with E-state index in [1.165, 1.54) is 32.4 Å². The molecule has 1 unspecified atom stereocenters. The van der Waals surface area contributed by atoms with Gasteiger partial charge >= 0.3 is 0 Å². The Bertz CT molecular complexity index is 410. The Balaban J connectivity index is 2.99. The second-order valence-corrected chi connectivity index (χ2v) is 3.62. The van der Waals surface area contributed by atoms with Gasteiger partial charge in [-0.2, -0.15) is 0 Å². The van der Waals surface area contributed by atoms with Gasteiger partial charge in [-0.3, -0.25) is 10.1 Å². The molecule has 0 radical (unpaired) electrons. The highest BCUT2D eigenvalue weighted by atomic mass is 16.6. The van der Waals surface area contributed by atoms with Crippen molar-refractivity contribution in [2.45, 2.75) is 6.04 Å². The Labute approximate surface area is 104 Å². The van der Waals surface area contributed by atoms with Crippen LogP contribution in [0, 0.1) is 10.1 Å². The van der Waals surface area contributed by atoms with Gasteiger partial charge in [-0.1, -0.05) is 0 Å². The van der Waals surface area contributed by atoms with Crippen molar-refractivity contribution in [2.75, 3.05) is 32.8 Å². The van der Waals surface area contributed by atoms with Crippen LogP contribution < -0.4 is 10.1 Å². The van der Waals surface area contributed by atoms with Gasteiger partial charge in [0.15, 0.2) is 0 Å². The molecule has 7 nitrogen and oxygen atoms in total. The van der Waals surface area contributed by atoms with Crippen LogP contribution in [0.4, 0.5) is 11.4 Å². The van der Waals surface area contributed by atoms with Gasteiger partial charge < -0.3 is 19.9 Å². The molecular formula is C11H16N2O5. The van der Waals surface area contributed by atoms with Crippen molar-refractivity contribution in [3.05, 3.63) is 28.3 Å². The summed E-state index contributed by atoms with van der Waals surface area (Å²) in [5, 5.41) is 22.9. The molecule has 0 spiro atoms. The average Bonchev–Trinajstić information content (AvgIpc) is 2.37. The molecule has 1 aromatic rings. The fourth-order valence-corrected chi connectivity index (χ4v) is 1.48. The number of hydrogen-bond donors (Lipinski definition) is 2. The minimum atomic E-state index is -0.497. The van der Waals surface area contributed by atoms with Crippen LogP contribution in [-0.2, 0) is 4.74 Å². The smallest absolute Gasteiger partial charge is 0.292 e. The molecular weight excluding hydrogens is 240 g/mol. The fourth-order valence-electron chi connectivity index (χ4n) is 1.48. The number of rotatable bonds is 7. The number of nitrogens with one attached hydrogen (secondary N) is 1. The van der Waals surface area contributed by atoms with Crippen molar-refractivity contribution in [1.82, 2.24) is 0 Å². The summed E-state index contributed by atoms with van der Waals surface area (Å²) >= 11 is 0. The van der Waals surface area contributed by atoms with Gasteiger partial charge in [0.05, 0.1) is 31.3 Å². The number of methoxy groups -OCH3 is 2. The van der Waals surface area contributed by atoms with Crippen LogP contribution in [0.5, 0.6) is 5.75 Å². The largest absolute Gasteiger partial charge is 0.497 e. The quantitative estimate of drug-likeness (QED) is 0.559. The van der Waals surface area contributed by atoms with Crippen molar-refractivity contribution in [3.63, 3.8) is 0 Å². The molecule has 0 amide bonds. The lowest BCUT2D eigenvalue weighted by Crippen LogP contribution is -2.29. The van der Waals surface area contributed by atoms with Gasteiger partial charge in [-0.15, -0.1) is 0 Å². The van der Waals surface area contributed by atoms with Gasteiger partial charge in [-0.05, 0) is 6.07 Å². The monoisotopic (exact) mass is 256 g/mol. The lowest BCUT2D eigenvalue weighted by atomic mass is 10.2. The summed E-state index contributed by atoms with van der Waals surface area (Å²) in [6.07, 6.45) is 0. The maximum Gasteiger partial charge on any atom is 0.292 e. The van der Waals surface area contributed by atoms with Crippen LogP contribution in [0.15, 0.2) is 18.2 Å². The van der Waals surface area contributed by atoms with Crippen LogP contribution in [0.2, 0.25) is 0 Å². The van der Waals surface area contributed by atoms with E-state index >= 15 is 0 Å². The average molecular weight is 256 g/mol. The van der Waals surface area contributed by atoms with E-state index in [9.17, 15) is 10.1 Å². The molecule has 1 aromatic carbocycles. The Hall–Kier alpha value is -1.86. The summed E-state index contributed by atoms with van der Waals surface area (Å²) in [4.78, 5) is 10.4. The van der Waals surface area contributed by atoms with E-state index in [-0.39, 0.29) is 24.6 Å². The summed E-state index contributed by atoms with van der Waals surface area (Å²) < 4.78 is 9.91. The summed E-state index contributed by atoms with van der Waals surface area (Å²) in [5.41, 5.74) is 0.209. The molecule has 100 valence electrons. The molecule has 0 bridgehead atoms. The van der Waals surface area contributed by atoms with E-state index in [0.29, 0.717) is 5.75 Å². The third-order valence-corrected chi connectivity index (χ3v) is 2.35. The number of ether oxygens (including phenoxy) is 2. The molecule has 0 heterocycles. The normalized spacial score (nSPS) is 11.9. The highest BCUT2D eigenvalue weighted by molar-refractivity contribution is 5.64. The minimum Gasteiger partial charge on any atom is -0.497 e. The van der Waals surface area contributed by atoms with E-state index in [4.69, 9.17) is 14.6 Å². The van der Waals surface area contributed by atoms with Gasteiger partial charge in [0.25, 0.3) is 5.69 Å². The topological polar surface area (TPSA) is 93.9 Å². The first kappa shape index (κ1) is 14.2. The maximum atomic E-state index is 10.9. The molecule has 0 aliphatic heterocycles. The van der Waals surface area contributed by atoms with Crippen molar-refractivity contribution < 1.29 is 19.5 Å². The molecule has 2 N–H and O–H groups in total. The number of nitrogens with zero attached hydrogens (tertiary/aromatic N) is 1. The van der Waals surface area contributed by atoms with E-state index in [2.05, 4.69) is 5.32 Å². The highest BCUT2D eigenvalue weighted by Crippen LogP contribution is 2.29. The standard InChI is InChI=1S/C11H16N2O5/c1-17-7-8(6-14)12-10-5-9(18-2)3-4-11(10)13(15)16/h3-5,8,12,14H,6-7H2,1-2H3.